The van der Waals surface area contributed by atoms with Gasteiger partial charge in [-0.25, -0.2) is 13.1 Å². The van der Waals surface area contributed by atoms with E-state index in [1.165, 1.54) is 25.7 Å². The van der Waals surface area contributed by atoms with Gasteiger partial charge in [-0.2, -0.15) is 11.8 Å². The number of benzene rings is 1. The molecule has 1 aromatic carbocycles. The summed E-state index contributed by atoms with van der Waals surface area (Å²) in [6.45, 7) is 4.70. The fourth-order valence-corrected chi connectivity index (χ4v) is 4.44. The smallest absolute Gasteiger partial charge is 0.210 e. The average Bonchev–Trinajstić information content (AvgIpc) is 3.16. The Hall–Kier alpha value is -0.520. The van der Waals surface area contributed by atoms with Gasteiger partial charge < -0.3 is 0 Å². The van der Waals surface area contributed by atoms with Gasteiger partial charge in [0.05, 0.1) is 4.90 Å². The summed E-state index contributed by atoms with van der Waals surface area (Å²) in [4.78, 5) is 0.358. The zero-order valence-corrected chi connectivity index (χ0v) is 13.8. The van der Waals surface area contributed by atoms with Crippen molar-refractivity contribution in [3.63, 3.8) is 0 Å². The summed E-state index contributed by atoms with van der Waals surface area (Å²) in [5.41, 5.74) is 1.07. The van der Waals surface area contributed by atoms with Crippen LogP contribution in [0.4, 0.5) is 0 Å². The van der Waals surface area contributed by atoms with Crippen LogP contribution in [0.1, 0.15) is 38.2 Å². The van der Waals surface area contributed by atoms with Crippen molar-refractivity contribution in [2.45, 2.75) is 54.9 Å². The summed E-state index contributed by atoms with van der Waals surface area (Å²) in [5, 5.41) is 1.12. The molecule has 0 aromatic heterocycles. The first-order valence-electron chi connectivity index (χ1n) is 7.24. The fraction of sp³-hybridized carbons (Fsp3) is 0.600. The molecule has 1 aliphatic heterocycles. The average molecular weight is 313 g/mol. The Morgan fingerprint density at radius 2 is 1.85 bits per heavy atom. The van der Waals surface area contributed by atoms with Gasteiger partial charge in [0.2, 0.25) is 10.0 Å². The summed E-state index contributed by atoms with van der Waals surface area (Å²) >= 11 is 1.90. The Balaban J connectivity index is 1.78. The fourth-order valence-electron chi connectivity index (χ4n) is 2.20. The lowest BCUT2D eigenvalue weighted by atomic mass is 10.1. The lowest BCUT2D eigenvalue weighted by molar-refractivity contribution is 0.579. The predicted octanol–water partition coefficient (Wildman–Crippen LogP) is 3.34. The van der Waals surface area contributed by atoms with Gasteiger partial charge in [-0.1, -0.05) is 43.9 Å². The molecule has 0 unspecified atom stereocenters. The molecule has 3 nitrogen and oxygen atoms in total. The first-order chi connectivity index (χ1) is 9.53. The van der Waals surface area contributed by atoms with E-state index in [1.54, 1.807) is 12.1 Å². The molecule has 1 N–H and O–H groups in total. The van der Waals surface area contributed by atoms with Gasteiger partial charge in [0.25, 0.3) is 0 Å². The first-order valence-corrected chi connectivity index (χ1v) is 9.67. The molecule has 0 bridgehead atoms. The highest BCUT2D eigenvalue weighted by Gasteiger charge is 2.37. The normalized spacial score (nSPS) is 21.9. The van der Waals surface area contributed by atoms with Crippen LogP contribution in [-0.4, -0.2) is 25.5 Å². The van der Waals surface area contributed by atoms with Crippen LogP contribution in [0, 0.1) is 6.92 Å². The zero-order chi connectivity index (χ0) is 14.6. The molecule has 20 heavy (non-hydrogen) atoms. The van der Waals surface area contributed by atoms with E-state index in [-0.39, 0.29) is 0 Å². The van der Waals surface area contributed by atoms with Crippen molar-refractivity contribution in [2.75, 3.05) is 6.54 Å². The largest absolute Gasteiger partial charge is 0.240 e. The van der Waals surface area contributed by atoms with Gasteiger partial charge in [-0.3, -0.25) is 0 Å². The summed E-state index contributed by atoms with van der Waals surface area (Å²) in [6, 6.07) is 6.98. The number of sulfonamides is 1. The molecule has 1 heterocycles. The highest BCUT2D eigenvalue weighted by atomic mass is 32.2. The van der Waals surface area contributed by atoms with Crippen LogP contribution < -0.4 is 4.72 Å². The maximum absolute atomic E-state index is 12.1. The minimum absolute atomic E-state index is 0.358. The lowest BCUT2D eigenvalue weighted by Crippen LogP contribution is -2.28. The molecule has 0 amide bonds. The van der Waals surface area contributed by atoms with Crippen molar-refractivity contribution in [1.82, 2.24) is 4.72 Å². The Morgan fingerprint density at radius 3 is 2.50 bits per heavy atom. The Bertz CT molecular complexity index is 525. The van der Waals surface area contributed by atoms with E-state index < -0.39 is 10.0 Å². The molecule has 0 aliphatic carbocycles. The summed E-state index contributed by atoms with van der Waals surface area (Å²) < 4.78 is 27.0. The van der Waals surface area contributed by atoms with Crippen LogP contribution in [-0.2, 0) is 10.0 Å². The standard InChI is InChI=1S/C15H23NO2S2/c1-3-4-5-6-14-15(19-14)11-16-20(17,18)13-9-7-12(2)8-10-13/h7-10,14-16H,3-6,11H2,1-2H3/t14-,15-/m1/s1. The van der Waals surface area contributed by atoms with Crippen LogP contribution in [0.2, 0.25) is 0 Å². The van der Waals surface area contributed by atoms with Gasteiger partial charge in [0.1, 0.15) is 0 Å². The van der Waals surface area contributed by atoms with E-state index in [2.05, 4.69) is 11.6 Å². The predicted molar refractivity (Wildman–Crippen MR) is 85.7 cm³/mol. The van der Waals surface area contributed by atoms with Crippen LogP contribution in [0.25, 0.3) is 0 Å². The second-order valence-corrected chi connectivity index (χ2v) is 8.62. The van der Waals surface area contributed by atoms with E-state index in [0.717, 1.165) is 5.56 Å². The van der Waals surface area contributed by atoms with Gasteiger partial charge in [-0.15, -0.1) is 0 Å². The van der Waals surface area contributed by atoms with Crippen molar-refractivity contribution in [3.05, 3.63) is 29.8 Å². The zero-order valence-electron chi connectivity index (χ0n) is 12.1. The van der Waals surface area contributed by atoms with E-state index in [9.17, 15) is 8.42 Å². The number of hydrogen-bond donors (Lipinski definition) is 1. The van der Waals surface area contributed by atoms with Crippen molar-refractivity contribution in [1.29, 1.82) is 0 Å². The molecular weight excluding hydrogens is 290 g/mol. The van der Waals surface area contributed by atoms with Crippen molar-refractivity contribution < 1.29 is 8.42 Å². The number of thioether (sulfide) groups is 1. The third kappa shape index (κ3) is 4.50. The molecule has 0 saturated carbocycles. The summed E-state index contributed by atoms with van der Waals surface area (Å²) in [7, 11) is -3.34. The molecule has 5 heteroatoms. The van der Waals surface area contributed by atoms with Crippen molar-refractivity contribution in [3.8, 4) is 0 Å². The number of rotatable bonds is 8. The number of nitrogens with one attached hydrogen (secondary N) is 1. The molecule has 2 rings (SSSR count). The third-order valence-corrected chi connectivity index (χ3v) is 6.47. The quantitative estimate of drug-likeness (QED) is 0.591. The second-order valence-electron chi connectivity index (χ2n) is 5.37. The minimum Gasteiger partial charge on any atom is -0.210 e. The van der Waals surface area contributed by atoms with Crippen LogP contribution >= 0.6 is 11.8 Å². The second kappa shape index (κ2) is 6.96. The lowest BCUT2D eigenvalue weighted by Gasteiger charge is -2.06. The van der Waals surface area contributed by atoms with E-state index in [1.807, 2.05) is 30.8 Å². The third-order valence-electron chi connectivity index (χ3n) is 3.59. The number of unbranched alkanes of at least 4 members (excludes halogenated alkanes) is 2. The minimum atomic E-state index is -3.34. The Morgan fingerprint density at radius 1 is 1.15 bits per heavy atom. The Kier molecular flexibility index (Phi) is 5.52. The van der Waals surface area contributed by atoms with Crippen LogP contribution in [0.15, 0.2) is 29.2 Å². The summed E-state index contributed by atoms with van der Waals surface area (Å²) in [5.74, 6) is 0. The van der Waals surface area contributed by atoms with Gasteiger partial charge in [0, 0.05) is 17.0 Å². The number of aryl methyl sites for hydroxylation is 1. The van der Waals surface area contributed by atoms with Gasteiger partial charge in [0.15, 0.2) is 0 Å². The molecule has 1 saturated heterocycles. The SMILES string of the molecule is CCCCC[C@H]1S[C@@H]1CNS(=O)(=O)c1ccc(C)cc1. The number of hydrogen-bond acceptors (Lipinski definition) is 3. The van der Waals surface area contributed by atoms with Gasteiger partial charge in [-0.05, 0) is 25.5 Å². The van der Waals surface area contributed by atoms with E-state index in [4.69, 9.17) is 0 Å². The van der Waals surface area contributed by atoms with Crippen molar-refractivity contribution >= 4 is 21.8 Å². The van der Waals surface area contributed by atoms with Crippen LogP contribution in [0.3, 0.4) is 0 Å². The van der Waals surface area contributed by atoms with Crippen LogP contribution in [0.5, 0.6) is 0 Å². The topological polar surface area (TPSA) is 46.2 Å². The molecule has 1 aromatic rings. The first kappa shape index (κ1) is 15.9. The monoisotopic (exact) mass is 313 g/mol. The van der Waals surface area contributed by atoms with E-state index >= 15 is 0 Å². The molecule has 0 spiro atoms. The molecule has 2 atom stereocenters. The molecule has 1 aliphatic rings. The maximum atomic E-state index is 12.1. The van der Waals surface area contributed by atoms with E-state index in [0.29, 0.717) is 21.9 Å². The highest BCUT2D eigenvalue weighted by molar-refractivity contribution is 8.07. The Labute approximate surface area is 126 Å². The highest BCUT2D eigenvalue weighted by Crippen LogP contribution is 2.44. The molecule has 0 radical (unpaired) electrons. The van der Waals surface area contributed by atoms with Gasteiger partial charge >= 0.3 is 0 Å². The van der Waals surface area contributed by atoms with Crippen molar-refractivity contribution in [2.24, 2.45) is 0 Å². The summed E-state index contributed by atoms with van der Waals surface area (Å²) in [6.07, 6.45) is 4.99. The molecular formula is C15H23NO2S2. The molecule has 1 fully saturated rings. The molecule has 112 valence electrons. The maximum Gasteiger partial charge on any atom is 0.240 e.